The number of para-hydroxylation sites is 1. The molecule has 0 saturated heterocycles. The fourth-order valence-corrected chi connectivity index (χ4v) is 4.53. The van der Waals surface area contributed by atoms with Crippen LogP contribution in [0.5, 0.6) is 0 Å². The number of rotatable bonds is 4. The van der Waals surface area contributed by atoms with Crippen molar-refractivity contribution in [3.05, 3.63) is 83.0 Å². The van der Waals surface area contributed by atoms with Gasteiger partial charge in [-0.05, 0) is 42.8 Å². The Morgan fingerprint density at radius 1 is 1.17 bits per heavy atom. The van der Waals surface area contributed by atoms with Gasteiger partial charge in [-0.25, -0.2) is 4.98 Å². The topological polar surface area (TPSA) is 59.5 Å². The second-order valence-electron chi connectivity index (χ2n) is 6.66. The minimum absolute atomic E-state index is 0.235. The summed E-state index contributed by atoms with van der Waals surface area (Å²) in [5.41, 5.74) is 2.46. The maximum absolute atomic E-state index is 13.4. The third kappa shape index (κ3) is 3.20. The normalized spacial score (nSPS) is 11.4. The third-order valence-corrected chi connectivity index (χ3v) is 6.23. The van der Waals surface area contributed by atoms with Crippen LogP contribution in [0.4, 0.5) is 5.13 Å². The zero-order valence-electron chi connectivity index (χ0n) is 15.4. The molecule has 0 fully saturated rings. The lowest BCUT2D eigenvalue weighted by molar-refractivity contribution is 0.0958. The van der Waals surface area contributed by atoms with Crippen LogP contribution in [0.2, 0.25) is 5.02 Å². The van der Waals surface area contributed by atoms with Crippen molar-refractivity contribution in [1.82, 2.24) is 4.98 Å². The van der Waals surface area contributed by atoms with Crippen molar-refractivity contribution < 1.29 is 13.6 Å². The van der Waals surface area contributed by atoms with Gasteiger partial charge >= 0.3 is 0 Å². The molecule has 1 amide bonds. The van der Waals surface area contributed by atoms with E-state index in [1.54, 1.807) is 23.3 Å². The molecule has 5 aromatic rings. The second kappa shape index (κ2) is 7.06. The van der Waals surface area contributed by atoms with Crippen LogP contribution in [0.25, 0.3) is 21.2 Å². The highest BCUT2D eigenvalue weighted by Gasteiger charge is 2.26. The predicted molar refractivity (Wildman–Crippen MR) is 115 cm³/mol. The second-order valence-corrected chi connectivity index (χ2v) is 8.04. The first-order valence-electron chi connectivity index (χ1n) is 8.98. The molecule has 3 heterocycles. The minimum Gasteiger partial charge on any atom is -0.467 e. The third-order valence-electron chi connectivity index (χ3n) is 4.69. The smallest absolute Gasteiger partial charge is 0.296 e. The van der Waals surface area contributed by atoms with Gasteiger partial charge in [-0.2, -0.15) is 0 Å². The van der Waals surface area contributed by atoms with E-state index in [0.29, 0.717) is 21.5 Å². The number of fused-ring (bicyclic) bond motifs is 2. The molecule has 0 aliphatic heterocycles. The van der Waals surface area contributed by atoms with E-state index in [9.17, 15) is 4.79 Å². The number of thiazole rings is 1. The molecule has 7 heteroatoms. The Hall–Kier alpha value is -3.09. The number of aryl methyl sites for hydroxylation is 1. The van der Waals surface area contributed by atoms with Crippen LogP contribution in [-0.2, 0) is 6.54 Å². The predicted octanol–water partition coefficient (Wildman–Crippen LogP) is 6.44. The van der Waals surface area contributed by atoms with Crippen LogP contribution in [0.1, 0.15) is 21.9 Å². The molecule has 3 aromatic heterocycles. The van der Waals surface area contributed by atoms with Gasteiger partial charge in [0.2, 0.25) is 0 Å². The molecular formula is C22H15ClN2O3S. The number of anilines is 1. The summed E-state index contributed by atoms with van der Waals surface area (Å²) in [5.74, 6) is 0.613. The lowest BCUT2D eigenvalue weighted by Crippen LogP contribution is -2.29. The minimum atomic E-state index is -0.287. The summed E-state index contributed by atoms with van der Waals surface area (Å²) < 4.78 is 12.1. The van der Waals surface area contributed by atoms with Gasteiger partial charge in [0.15, 0.2) is 10.9 Å². The largest absolute Gasteiger partial charge is 0.467 e. The molecular weight excluding hydrogens is 408 g/mol. The summed E-state index contributed by atoms with van der Waals surface area (Å²) in [7, 11) is 0. The number of aromatic nitrogens is 1. The summed E-state index contributed by atoms with van der Waals surface area (Å²) in [6, 6.07) is 16.7. The first kappa shape index (κ1) is 18.0. The van der Waals surface area contributed by atoms with E-state index in [0.717, 1.165) is 21.2 Å². The van der Waals surface area contributed by atoms with Gasteiger partial charge in [0, 0.05) is 5.39 Å². The molecule has 5 nitrogen and oxygen atoms in total. The average molecular weight is 423 g/mol. The molecule has 0 aliphatic carbocycles. The Kier molecular flexibility index (Phi) is 4.38. The van der Waals surface area contributed by atoms with Crippen molar-refractivity contribution in [2.45, 2.75) is 13.5 Å². The highest BCUT2D eigenvalue weighted by molar-refractivity contribution is 7.23. The van der Waals surface area contributed by atoms with Crippen molar-refractivity contribution in [2.24, 2.45) is 0 Å². The molecule has 144 valence electrons. The molecule has 0 unspecified atom stereocenters. The van der Waals surface area contributed by atoms with Gasteiger partial charge in [0.1, 0.15) is 11.3 Å². The summed E-state index contributed by atoms with van der Waals surface area (Å²) in [6.07, 6.45) is 1.58. The van der Waals surface area contributed by atoms with Gasteiger partial charge in [0.25, 0.3) is 5.91 Å². The standard InChI is InChI=1S/C22H15ClN2O3S/c1-13-8-9-16(23)20-19(13)24-22(29-20)25(12-15-6-4-10-27-15)21(26)18-11-14-5-2-3-7-17(14)28-18/h2-11H,12H2,1H3. The van der Waals surface area contributed by atoms with Crippen molar-refractivity contribution in [3.63, 3.8) is 0 Å². The van der Waals surface area contributed by atoms with Crippen LogP contribution in [-0.4, -0.2) is 10.9 Å². The van der Waals surface area contributed by atoms with Crippen LogP contribution in [0.15, 0.2) is 69.7 Å². The van der Waals surface area contributed by atoms with Gasteiger partial charge in [-0.1, -0.05) is 47.2 Å². The number of nitrogens with zero attached hydrogens (tertiary/aromatic N) is 2. The van der Waals surface area contributed by atoms with Gasteiger partial charge < -0.3 is 8.83 Å². The Labute approximate surface area is 175 Å². The van der Waals surface area contributed by atoms with Gasteiger partial charge in [-0.3, -0.25) is 9.69 Å². The van der Waals surface area contributed by atoms with Crippen molar-refractivity contribution in [1.29, 1.82) is 0 Å². The highest BCUT2D eigenvalue weighted by atomic mass is 35.5. The highest BCUT2D eigenvalue weighted by Crippen LogP contribution is 2.37. The van der Waals surface area contributed by atoms with E-state index < -0.39 is 0 Å². The maximum Gasteiger partial charge on any atom is 0.296 e. The first-order chi connectivity index (χ1) is 14.1. The van der Waals surface area contributed by atoms with Crippen LogP contribution >= 0.6 is 22.9 Å². The SMILES string of the molecule is Cc1ccc(Cl)c2sc(N(Cc3ccco3)C(=O)c3cc4ccccc4o3)nc12. The number of benzene rings is 2. The number of amides is 1. The zero-order chi connectivity index (χ0) is 20.0. The van der Waals surface area contributed by atoms with Crippen LogP contribution < -0.4 is 4.90 Å². The number of carbonyl (C=O) groups excluding carboxylic acids is 1. The number of hydrogen-bond acceptors (Lipinski definition) is 5. The molecule has 0 bridgehead atoms. The molecule has 29 heavy (non-hydrogen) atoms. The van der Waals surface area contributed by atoms with E-state index >= 15 is 0 Å². The first-order valence-corrected chi connectivity index (χ1v) is 10.2. The fraction of sp³-hybridized carbons (Fsp3) is 0.0909. The van der Waals surface area contributed by atoms with E-state index in [-0.39, 0.29) is 18.2 Å². The molecule has 0 aliphatic rings. The molecule has 2 aromatic carbocycles. The number of carbonyl (C=O) groups is 1. The van der Waals surface area contributed by atoms with Crippen LogP contribution in [0.3, 0.4) is 0 Å². The average Bonchev–Trinajstić information content (AvgIpc) is 3.47. The van der Waals surface area contributed by atoms with E-state index in [1.807, 2.05) is 49.4 Å². The molecule has 0 radical (unpaired) electrons. The Balaban J connectivity index is 1.62. The van der Waals surface area contributed by atoms with E-state index in [4.69, 9.17) is 25.4 Å². The van der Waals surface area contributed by atoms with Crippen LogP contribution in [0, 0.1) is 6.92 Å². The lowest BCUT2D eigenvalue weighted by atomic mass is 10.2. The fourth-order valence-electron chi connectivity index (χ4n) is 3.21. The Morgan fingerprint density at radius 3 is 2.79 bits per heavy atom. The van der Waals surface area contributed by atoms with Crippen molar-refractivity contribution in [3.8, 4) is 0 Å². The van der Waals surface area contributed by atoms with Crippen molar-refractivity contribution >= 4 is 55.2 Å². The number of hydrogen-bond donors (Lipinski definition) is 0. The molecule has 0 N–H and O–H groups in total. The number of furan rings is 2. The lowest BCUT2D eigenvalue weighted by Gasteiger charge is -2.17. The zero-order valence-corrected chi connectivity index (χ0v) is 17.0. The van der Waals surface area contributed by atoms with Crippen molar-refractivity contribution in [2.75, 3.05) is 4.90 Å². The van der Waals surface area contributed by atoms with E-state index in [2.05, 4.69) is 0 Å². The van der Waals surface area contributed by atoms with E-state index in [1.165, 1.54) is 11.3 Å². The Morgan fingerprint density at radius 2 is 2.03 bits per heavy atom. The van der Waals surface area contributed by atoms with Gasteiger partial charge in [0.05, 0.1) is 28.0 Å². The molecule has 0 atom stereocenters. The Bertz CT molecular complexity index is 1270. The molecule has 5 rings (SSSR count). The molecule has 0 spiro atoms. The summed E-state index contributed by atoms with van der Waals surface area (Å²) in [5, 5.41) is 2.03. The monoisotopic (exact) mass is 422 g/mol. The summed E-state index contributed by atoms with van der Waals surface area (Å²) >= 11 is 7.75. The summed E-state index contributed by atoms with van der Waals surface area (Å²) in [6.45, 7) is 2.21. The maximum atomic E-state index is 13.4. The van der Waals surface area contributed by atoms with Gasteiger partial charge in [-0.15, -0.1) is 0 Å². The number of halogens is 1. The summed E-state index contributed by atoms with van der Waals surface area (Å²) in [4.78, 5) is 19.7. The molecule has 0 saturated carbocycles. The quantitative estimate of drug-likeness (QED) is 0.334.